The first-order valence-electron chi connectivity index (χ1n) is 6.36. The van der Waals surface area contributed by atoms with Crippen molar-refractivity contribution in [1.29, 1.82) is 0 Å². The molecule has 0 heterocycles. The molecule has 1 aromatic carbocycles. The number of carboxylic acids is 1. The lowest BCUT2D eigenvalue weighted by molar-refractivity contribution is -0.385. The molecule has 112 valence electrons. The van der Waals surface area contributed by atoms with Crippen LogP contribution in [-0.2, 0) is 9.59 Å². The van der Waals surface area contributed by atoms with Crippen LogP contribution >= 0.6 is 15.9 Å². The van der Waals surface area contributed by atoms with Gasteiger partial charge in [-0.05, 0) is 47.3 Å². The van der Waals surface area contributed by atoms with E-state index >= 15 is 0 Å². The minimum Gasteiger partial charge on any atom is -0.481 e. The minimum absolute atomic E-state index is 0.136. The molecule has 1 amide bonds. The minimum atomic E-state index is -0.885. The van der Waals surface area contributed by atoms with Crippen LogP contribution in [0.1, 0.15) is 19.3 Å². The third-order valence-corrected chi connectivity index (χ3v) is 4.23. The Balaban J connectivity index is 2.05. The summed E-state index contributed by atoms with van der Waals surface area (Å²) in [6.07, 6.45) is 1.30. The number of hydrogen-bond acceptors (Lipinski definition) is 4. The number of nitrogens with zero attached hydrogens (tertiary/aromatic N) is 1. The molecule has 7 nitrogen and oxygen atoms in total. The number of nitro groups is 1. The number of amides is 1. The summed E-state index contributed by atoms with van der Waals surface area (Å²) in [7, 11) is 0. The van der Waals surface area contributed by atoms with Gasteiger partial charge in [0.25, 0.3) is 5.69 Å². The van der Waals surface area contributed by atoms with E-state index in [1.54, 1.807) is 6.07 Å². The number of carbonyl (C=O) groups is 2. The molecule has 2 rings (SSSR count). The summed E-state index contributed by atoms with van der Waals surface area (Å²) in [5.74, 6) is -2.03. The molecule has 2 N–H and O–H groups in total. The molecular formula is C13H13BrN2O5. The molecule has 0 saturated heterocycles. The van der Waals surface area contributed by atoms with Crippen LogP contribution in [0.2, 0.25) is 0 Å². The maximum atomic E-state index is 12.1. The molecule has 0 spiro atoms. The summed E-state index contributed by atoms with van der Waals surface area (Å²) in [5, 5.41) is 22.4. The molecule has 1 fully saturated rings. The van der Waals surface area contributed by atoms with Crippen LogP contribution in [0.3, 0.4) is 0 Å². The van der Waals surface area contributed by atoms with Crippen molar-refractivity contribution < 1.29 is 19.6 Å². The fourth-order valence-electron chi connectivity index (χ4n) is 2.42. The number of nitrogens with one attached hydrogen (secondary N) is 1. The molecule has 0 bridgehead atoms. The number of carboxylic acid groups (broad SMARTS) is 1. The first-order valence-corrected chi connectivity index (χ1v) is 7.15. The van der Waals surface area contributed by atoms with E-state index in [1.165, 1.54) is 12.1 Å². The highest BCUT2D eigenvalue weighted by Crippen LogP contribution is 2.33. The van der Waals surface area contributed by atoms with E-state index in [4.69, 9.17) is 5.11 Å². The Kier molecular flexibility index (Phi) is 4.56. The average Bonchev–Trinajstić information content (AvgIpc) is 2.90. The third-order valence-electron chi connectivity index (χ3n) is 3.56. The number of rotatable bonds is 4. The van der Waals surface area contributed by atoms with Gasteiger partial charge >= 0.3 is 5.97 Å². The van der Waals surface area contributed by atoms with Crippen molar-refractivity contribution in [1.82, 2.24) is 0 Å². The van der Waals surface area contributed by atoms with Gasteiger partial charge in [0.05, 0.1) is 15.3 Å². The van der Waals surface area contributed by atoms with E-state index in [0.29, 0.717) is 29.4 Å². The van der Waals surface area contributed by atoms with Crippen LogP contribution in [-0.4, -0.2) is 21.9 Å². The Morgan fingerprint density at radius 1 is 1.33 bits per heavy atom. The van der Waals surface area contributed by atoms with Crippen LogP contribution in [0.4, 0.5) is 11.4 Å². The van der Waals surface area contributed by atoms with E-state index in [1.807, 2.05) is 0 Å². The molecule has 1 aromatic rings. The number of aliphatic carboxylic acids is 1. The SMILES string of the molecule is O=C(O)[C@H]1CC[C@@H](C(=O)Nc2ccc(Br)c([N+](=O)[O-])c2)C1. The molecule has 0 aliphatic heterocycles. The van der Waals surface area contributed by atoms with Crippen LogP contribution < -0.4 is 5.32 Å². The second kappa shape index (κ2) is 6.21. The Morgan fingerprint density at radius 3 is 2.57 bits per heavy atom. The van der Waals surface area contributed by atoms with Crippen molar-refractivity contribution in [2.24, 2.45) is 11.8 Å². The van der Waals surface area contributed by atoms with Crippen molar-refractivity contribution >= 4 is 39.2 Å². The predicted molar refractivity (Wildman–Crippen MR) is 77.9 cm³/mol. The maximum Gasteiger partial charge on any atom is 0.306 e. The first kappa shape index (κ1) is 15.4. The highest BCUT2D eigenvalue weighted by Gasteiger charge is 2.33. The van der Waals surface area contributed by atoms with Crippen molar-refractivity contribution in [3.8, 4) is 0 Å². The van der Waals surface area contributed by atoms with Crippen molar-refractivity contribution in [3.63, 3.8) is 0 Å². The van der Waals surface area contributed by atoms with Crippen molar-refractivity contribution in [2.45, 2.75) is 19.3 Å². The van der Waals surface area contributed by atoms with Gasteiger partial charge in [0.2, 0.25) is 5.91 Å². The van der Waals surface area contributed by atoms with Gasteiger partial charge in [-0.25, -0.2) is 0 Å². The summed E-state index contributed by atoms with van der Waals surface area (Å²) in [6.45, 7) is 0. The highest BCUT2D eigenvalue weighted by atomic mass is 79.9. The number of anilines is 1. The third kappa shape index (κ3) is 3.57. The van der Waals surface area contributed by atoms with Crippen LogP contribution in [0, 0.1) is 22.0 Å². The standard InChI is InChI=1S/C13H13BrN2O5/c14-10-4-3-9(6-11(10)16(20)21)15-12(17)7-1-2-8(5-7)13(18)19/h3-4,6-8H,1-2,5H2,(H,15,17)(H,18,19)/t7-,8+/m1/s1. The van der Waals surface area contributed by atoms with Gasteiger partial charge in [-0.2, -0.15) is 0 Å². The monoisotopic (exact) mass is 356 g/mol. The Bertz CT molecular complexity index is 604. The van der Waals surface area contributed by atoms with Crippen LogP contribution in [0.15, 0.2) is 22.7 Å². The largest absolute Gasteiger partial charge is 0.481 e. The topological polar surface area (TPSA) is 110 Å². The molecule has 0 radical (unpaired) electrons. The normalized spacial score (nSPS) is 21.0. The van der Waals surface area contributed by atoms with Crippen LogP contribution in [0.5, 0.6) is 0 Å². The number of hydrogen-bond donors (Lipinski definition) is 2. The summed E-state index contributed by atoms with van der Waals surface area (Å²) in [6, 6.07) is 4.31. The van der Waals surface area contributed by atoms with E-state index in [0.717, 1.165) is 0 Å². The summed E-state index contributed by atoms with van der Waals surface area (Å²) in [5.41, 5.74) is 0.191. The zero-order valence-electron chi connectivity index (χ0n) is 10.9. The second-order valence-electron chi connectivity index (χ2n) is 4.96. The van der Waals surface area contributed by atoms with Gasteiger partial charge in [0.15, 0.2) is 0 Å². The number of benzene rings is 1. The lowest BCUT2D eigenvalue weighted by Gasteiger charge is -2.11. The molecule has 0 aromatic heterocycles. The van der Waals surface area contributed by atoms with Crippen molar-refractivity contribution in [2.75, 3.05) is 5.32 Å². The molecule has 1 aliphatic carbocycles. The highest BCUT2D eigenvalue weighted by molar-refractivity contribution is 9.10. The van der Waals surface area contributed by atoms with E-state index < -0.39 is 16.8 Å². The summed E-state index contributed by atoms with van der Waals surface area (Å²) in [4.78, 5) is 33.2. The Hall–Kier alpha value is -1.96. The fourth-order valence-corrected chi connectivity index (χ4v) is 2.81. The van der Waals surface area contributed by atoms with Crippen molar-refractivity contribution in [3.05, 3.63) is 32.8 Å². The van der Waals surface area contributed by atoms with Gasteiger partial charge in [-0.15, -0.1) is 0 Å². The van der Waals surface area contributed by atoms with E-state index in [-0.39, 0.29) is 17.5 Å². The zero-order chi connectivity index (χ0) is 15.6. The molecular weight excluding hydrogens is 344 g/mol. The summed E-state index contributed by atoms with van der Waals surface area (Å²) >= 11 is 3.07. The number of nitro benzene ring substituents is 1. The molecule has 0 unspecified atom stereocenters. The van der Waals surface area contributed by atoms with Gasteiger partial charge in [-0.3, -0.25) is 19.7 Å². The van der Waals surface area contributed by atoms with E-state index in [9.17, 15) is 19.7 Å². The Labute approximate surface area is 128 Å². The lowest BCUT2D eigenvalue weighted by Crippen LogP contribution is -2.21. The molecule has 21 heavy (non-hydrogen) atoms. The first-order chi connectivity index (χ1) is 9.88. The second-order valence-corrected chi connectivity index (χ2v) is 5.81. The molecule has 1 saturated carbocycles. The number of carbonyl (C=O) groups excluding carboxylic acids is 1. The smallest absolute Gasteiger partial charge is 0.306 e. The number of halogens is 1. The fraction of sp³-hybridized carbons (Fsp3) is 0.385. The average molecular weight is 357 g/mol. The van der Waals surface area contributed by atoms with Crippen LogP contribution in [0.25, 0.3) is 0 Å². The van der Waals surface area contributed by atoms with Gasteiger partial charge in [0, 0.05) is 17.7 Å². The van der Waals surface area contributed by atoms with E-state index in [2.05, 4.69) is 21.2 Å². The Morgan fingerprint density at radius 2 is 2.00 bits per heavy atom. The van der Waals surface area contributed by atoms with Gasteiger partial charge in [0.1, 0.15) is 0 Å². The summed E-state index contributed by atoms with van der Waals surface area (Å²) < 4.78 is 0.331. The quantitative estimate of drug-likeness (QED) is 0.636. The molecule has 2 atom stereocenters. The predicted octanol–water partition coefficient (Wildman–Crippen LogP) is 2.80. The lowest BCUT2D eigenvalue weighted by atomic mass is 10.0. The maximum absolute atomic E-state index is 12.1. The molecule has 8 heteroatoms. The molecule has 1 aliphatic rings. The van der Waals surface area contributed by atoms with Gasteiger partial charge in [-0.1, -0.05) is 0 Å². The van der Waals surface area contributed by atoms with Gasteiger partial charge < -0.3 is 10.4 Å². The zero-order valence-corrected chi connectivity index (χ0v) is 12.5.